The zero-order valence-electron chi connectivity index (χ0n) is 30.4. The summed E-state index contributed by atoms with van der Waals surface area (Å²) in [5.74, 6) is 0. The second kappa shape index (κ2) is 11.5. The third-order valence-electron chi connectivity index (χ3n) is 12.0. The van der Waals surface area contributed by atoms with Gasteiger partial charge in [-0.25, -0.2) is 0 Å². The lowest BCUT2D eigenvalue weighted by molar-refractivity contribution is 1.35. The summed E-state index contributed by atoms with van der Waals surface area (Å²) in [6.07, 6.45) is 11.3. The molecule has 0 bridgehead atoms. The van der Waals surface area contributed by atoms with Crippen LogP contribution < -0.4 is 0 Å². The summed E-state index contributed by atoms with van der Waals surface area (Å²) in [5, 5.41) is 7.61. The molecule has 3 aliphatic rings. The summed E-state index contributed by atoms with van der Waals surface area (Å²) >= 11 is 0. The van der Waals surface area contributed by atoms with Crippen LogP contribution in [0.3, 0.4) is 0 Å². The van der Waals surface area contributed by atoms with Crippen molar-refractivity contribution in [2.24, 2.45) is 15.0 Å². The summed E-state index contributed by atoms with van der Waals surface area (Å²) in [7, 11) is 0. The lowest BCUT2D eigenvalue weighted by atomic mass is 9.91. The molecule has 8 nitrogen and oxygen atoms in total. The molecule has 5 aromatic carbocycles. The summed E-state index contributed by atoms with van der Waals surface area (Å²) in [4.78, 5) is 40.2. The van der Waals surface area contributed by atoms with E-state index in [1.54, 1.807) is 0 Å². The van der Waals surface area contributed by atoms with E-state index in [1.807, 2.05) is 61.3 Å². The van der Waals surface area contributed by atoms with Crippen LogP contribution in [0, 0.1) is 0 Å². The van der Waals surface area contributed by atoms with E-state index in [0.29, 0.717) is 19.3 Å². The molecule has 0 spiro atoms. The van der Waals surface area contributed by atoms with Gasteiger partial charge in [-0.2, -0.15) is 0 Å². The van der Waals surface area contributed by atoms with E-state index in [9.17, 15) is 0 Å². The molecule has 57 heavy (non-hydrogen) atoms. The monoisotopic (exact) mass is 728 g/mol. The fourth-order valence-corrected chi connectivity index (χ4v) is 9.45. The number of nitrogens with zero attached hydrogens (tertiary/aromatic N) is 8. The summed E-state index contributed by atoms with van der Waals surface area (Å²) in [5.41, 5.74) is 17.3. The average Bonchev–Trinajstić information content (AvgIpc) is 4.06. The first-order valence-corrected chi connectivity index (χ1v) is 19.2. The number of benzene rings is 5. The van der Waals surface area contributed by atoms with Crippen LogP contribution >= 0.6 is 0 Å². The Morgan fingerprint density at radius 2 is 0.614 bits per heavy atom. The molecule has 0 aliphatic carbocycles. The van der Waals surface area contributed by atoms with Crippen LogP contribution in [-0.4, -0.2) is 42.1 Å². The van der Waals surface area contributed by atoms with Crippen molar-refractivity contribution in [1.29, 1.82) is 0 Å². The van der Waals surface area contributed by atoms with E-state index in [1.165, 1.54) is 16.7 Å². The molecule has 5 aromatic heterocycles. The largest absolute Gasteiger partial charge is 0.256 e. The fourth-order valence-electron chi connectivity index (χ4n) is 9.45. The minimum absolute atomic E-state index is 0.679. The van der Waals surface area contributed by atoms with Crippen LogP contribution in [-0.2, 0) is 19.3 Å². The van der Waals surface area contributed by atoms with E-state index in [-0.39, 0.29) is 0 Å². The molecule has 0 saturated carbocycles. The van der Waals surface area contributed by atoms with E-state index in [0.717, 1.165) is 116 Å². The lowest BCUT2D eigenvalue weighted by Gasteiger charge is -2.11. The molecule has 0 unspecified atom stereocenters. The van der Waals surface area contributed by atoms with Crippen LogP contribution in [0.2, 0.25) is 0 Å². The summed E-state index contributed by atoms with van der Waals surface area (Å²) in [6, 6.07) is 36.0. The van der Waals surface area contributed by atoms with Crippen molar-refractivity contribution < 1.29 is 0 Å². The average molecular weight is 729 g/mol. The smallest absolute Gasteiger partial charge is 0.0986 e. The number of rotatable bonds is 3. The van der Waals surface area contributed by atoms with Gasteiger partial charge in [0.1, 0.15) is 0 Å². The molecular weight excluding hydrogens is 701 g/mol. The van der Waals surface area contributed by atoms with E-state index < -0.39 is 0 Å². The number of hydrogen-bond donors (Lipinski definition) is 0. The fraction of sp³-hybridized carbons (Fsp3) is 0.0612. The van der Waals surface area contributed by atoms with Crippen LogP contribution in [0.5, 0.6) is 0 Å². The van der Waals surface area contributed by atoms with Gasteiger partial charge in [0.15, 0.2) is 0 Å². The Labute approximate surface area is 325 Å². The molecule has 0 N–H and O–H groups in total. The van der Waals surface area contributed by atoms with Crippen LogP contribution in [0.25, 0.3) is 65.3 Å². The minimum atomic E-state index is 0.679. The molecule has 0 amide bonds. The van der Waals surface area contributed by atoms with Crippen molar-refractivity contribution in [3.63, 3.8) is 0 Å². The van der Waals surface area contributed by atoms with Crippen LogP contribution in [0.1, 0.15) is 33.4 Å². The topological polar surface area (TPSA) is 102 Å². The maximum absolute atomic E-state index is 5.45. The van der Waals surface area contributed by atoms with Crippen LogP contribution in [0.4, 0.5) is 17.1 Å². The molecular formula is C49H28N8. The van der Waals surface area contributed by atoms with Gasteiger partial charge in [-0.1, -0.05) is 42.5 Å². The molecule has 8 heterocycles. The first-order chi connectivity index (χ1) is 28.2. The Morgan fingerprint density at radius 3 is 1.05 bits per heavy atom. The van der Waals surface area contributed by atoms with Gasteiger partial charge in [0.05, 0.1) is 61.8 Å². The van der Waals surface area contributed by atoms with Crippen molar-refractivity contribution in [2.75, 3.05) is 0 Å². The molecule has 0 atom stereocenters. The normalized spacial score (nSPS) is 14.4. The second-order valence-corrected chi connectivity index (χ2v) is 15.0. The Hall–Kier alpha value is -7.58. The van der Waals surface area contributed by atoms with Gasteiger partial charge in [0, 0.05) is 88.0 Å². The molecule has 0 fully saturated rings. The highest BCUT2D eigenvalue weighted by molar-refractivity contribution is 6.23. The number of fused-ring (bicyclic) bond motifs is 18. The first kappa shape index (κ1) is 30.7. The summed E-state index contributed by atoms with van der Waals surface area (Å²) < 4.78 is 0. The van der Waals surface area contributed by atoms with Gasteiger partial charge in [-0.3, -0.25) is 39.9 Å². The maximum atomic E-state index is 5.45. The van der Waals surface area contributed by atoms with Crippen molar-refractivity contribution >= 4 is 99.5 Å². The van der Waals surface area contributed by atoms with Gasteiger partial charge in [0.25, 0.3) is 0 Å². The first-order valence-electron chi connectivity index (χ1n) is 19.2. The van der Waals surface area contributed by atoms with Crippen molar-refractivity contribution in [2.45, 2.75) is 19.3 Å². The van der Waals surface area contributed by atoms with E-state index in [2.05, 4.69) is 72.8 Å². The molecule has 13 rings (SSSR count). The van der Waals surface area contributed by atoms with Crippen molar-refractivity contribution in [3.8, 4) is 0 Å². The molecule has 3 aliphatic heterocycles. The summed E-state index contributed by atoms with van der Waals surface area (Å²) in [6.45, 7) is 0. The highest BCUT2D eigenvalue weighted by atomic mass is 14.8. The standard InChI is InChI=1S/C49H28N8/c1-2-9-30-29(8-1)42-31(10-3-15-50-42)36-23-39(55-43(30)36)26-20-27(40-24-37-32-11-4-16-51-46(32)48-34(44(37)56-40)13-6-18-53-48)22-28(21-26)41-25-38-33-12-5-17-52-47(33)49-35(45(38)57-41)14-7-19-54-49/h1-22H,23-25H2. The third-order valence-corrected chi connectivity index (χ3v) is 12.0. The molecule has 0 saturated heterocycles. The number of aliphatic imine (C=N–C) groups is 3. The number of hydrogen-bond acceptors (Lipinski definition) is 8. The van der Waals surface area contributed by atoms with E-state index >= 15 is 0 Å². The lowest BCUT2D eigenvalue weighted by Crippen LogP contribution is -2.10. The van der Waals surface area contributed by atoms with Gasteiger partial charge < -0.3 is 0 Å². The van der Waals surface area contributed by atoms with Crippen molar-refractivity contribution in [3.05, 3.63) is 167 Å². The van der Waals surface area contributed by atoms with Crippen molar-refractivity contribution in [1.82, 2.24) is 24.9 Å². The number of pyridine rings is 5. The predicted molar refractivity (Wildman–Crippen MR) is 229 cm³/mol. The highest BCUT2D eigenvalue weighted by Gasteiger charge is 2.29. The Balaban J connectivity index is 1.02. The third kappa shape index (κ3) is 4.38. The minimum Gasteiger partial charge on any atom is -0.256 e. The maximum Gasteiger partial charge on any atom is 0.0986 e. The molecule has 10 aromatic rings. The highest BCUT2D eigenvalue weighted by Crippen LogP contribution is 2.45. The quantitative estimate of drug-likeness (QED) is 0.169. The molecule has 8 heteroatoms. The predicted octanol–water partition coefficient (Wildman–Crippen LogP) is 10.6. The second-order valence-electron chi connectivity index (χ2n) is 15.0. The SMILES string of the molecule is c1ccc2c(c1)c1c(c3cccnc32)CC(c2cc(C3=Nc4c(c5cccnc5c5ncccc45)C3)cc(C3=Nc4c(c5cccnc5c5ncccc45)C3)c2)=N1. The zero-order chi connectivity index (χ0) is 37.2. The van der Waals surface area contributed by atoms with Gasteiger partial charge >= 0.3 is 0 Å². The van der Waals surface area contributed by atoms with E-state index in [4.69, 9.17) is 39.9 Å². The van der Waals surface area contributed by atoms with Gasteiger partial charge in [-0.05, 0) is 94.0 Å². The molecule has 0 radical (unpaired) electrons. The van der Waals surface area contributed by atoms with Crippen LogP contribution in [0.15, 0.2) is 149 Å². The van der Waals surface area contributed by atoms with Gasteiger partial charge in [-0.15, -0.1) is 0 Å². The molecule has 264 valence electrons. The van der Waals surface area contributed by atoms with Gasteiger partial charge in [0.2, 0.25) is 0 Å². The zero-order valence-corrected chi connectivity index (χ0v) is 30.4. The Morgan fingerprint density at radius 1 is 0.298 bits per heavy atom. The Bertz CT molecular complexity index is 3180. The number of aromatic nitrogens is 5. The Kier molecular flexibility index (Phi) is 6.18.